The molecule has 162 valence electrons. The van der Waals surface area contributed by atoms with Gasteiger partial charge in [-0.3, -0.25) is 14.9 Å². The van der Waals surface area contributed by atoms with Gasteiger partial charge in [0.25, 0.3) is 5.91 Å². The molecule has 2 N–H and O–H groups in total. The lowest BCUT2D eigenvalue weighted by atomic mass is 9.86. The Balaban J connectivity index is 1.39. The molecule has 1 unspecified atom stereocenters. The van der Waals surface area contributed by atoms with Crippen molar-refractivity contribution in [3.63, 3.8) is 0 Å². The molecule has 7 nitrogen and oxygen atoms in total. The number of amides is 1. The summed E-state index contributed by atoms with van der Waals surface area (Å²) >= 11 is 0. The van der Waals surface area contributed by atoms with Crippen LogP contribution in [-0.4, -0.2) is 31.1 Å². The highest BCUT2D eigenvalue weighted by atomic mass is 19.4. The summed E-state index contributed by atoms with van der Waals surface area (Å²) in [5, 5.41) is 10.6. The Bertz CT molecular complexity index is 1300. The van der Waals surface area contributed by atoms with E-state index in [0.29, 0.717) is 11.8 Å². The smallest absolute Gasteiger partial charge is 0.344 e. The van der Waals surface area contributed by atoms with Gasteiger partial charge in [-0.15, -0.1) is 0 Å². The fourth-order valence-corrected chi connectivity index (χ4v) is 4.03. The summed E-state index contributed by atoms with van der Waals surface area (Å²) < 4.78 is 38.2. The van der Waals surface area contributed by atoms with Gasteiger partial charge in [-0.2, -0.15) is 18.3 Å². The van der Waals surface area contributed by atoms with Crippen LogP contribution in [0.5, 0.6) is 0 Å². The molecule has 1 aromatic carbocycles. The second-order valence-electron chi connectivity index (χ2n) is 7.62. The summed E-state index contributed by atoms with van der Waals surface area (Å²) in [4.78, 5) is 24.9. The van der Waals surface area contributed by atoms with Gasteiger partial charge in [0.1, 0.15) is 12.0 Å². The number of aryl methyl sites for hydroxylation is 1. The number of benzene rings is 1. The minimum atomic E-state index is -4.49. The van der Waals surface area contributed by atoms with Gasteiger partial charge < -0.3 is 5.32 Å². The molecule has 0 saturated carbocycles. The van der Waals surface area contributed by atoms with Crippen molar-refractivity contribution >= 4 is 16.9 Å². The predicted octanol–water partition coefficient (Wildman–Crippen LogP) is 4.24. The molecular weight excluding hydrogens is 421 g/mol. The van der Waals surface area contributed by atoms with E-state index in [1.165, 1.54) is 6.33 Å². The highest BCUT2D eigenvalue weighted by Crippen LogP contribution is 2.34. The van der Waals surface area contributed by atoms with Crippen LogP contribution < -0.4 is 5.32 Å². The Kier molecular flexibility index (Phi) is 4.84. The van der Waals surface area contributed by atoms with Crippen LogP contribution in [0.15, 0.2) is 49.1 Å². The first-order valence-electron chi connectivity index (χ1n) is 10.0. The van der Waals surface area contributed by atoms with E-state index >= 15 is 0 Å². The molecule has 4 aromatic rings. The number of nitrogens with one attached hydrogen (secondary N) is 2. The first kappa shape index (κ1) is 20.1. The van der Waals surface area contributed by atoms with Gasteiger partial charge in [0.2, 0.25) is 0 Å². The largest absolute Gasteiger partial charge is 0.417 e. The van der Waals surface area contributed by atoms with Gasteiger partial charge in [0.15, 0.2) is 5.65 Å². The minimum Gasteiger partial charge on any atom is -0.344 e. The number of H-pyrrole nitrogens is 1. The van der Waals surface area contributed by atoms with Crippen molar-refractivity contribution in [3.8, 4) is 11.3 Å². The maximum atomic E-state index is 12.7. The van der Waals surface area contributed by atoms with Gasteiger partial charge in [0, 0.05) is 11.8 Å². The maximum absolute atomic E-state index is 12.7. The lowest BCUT2D eigenvalue weighted by molar-refractivity contribution is -0.137. The fourth-order valence-electron chi connectivity index (χ4n) is 4.03. The molecule has 1 amide bonds. The maximum Gasteiger partial charge on any atom is 0.417 e. The molecular formula is C22H17F3N6O. The molecule has 0 saturated heterocycles. The quantitative estimate of drug-likeness (QED) is 0.499. The molecule has 32 heavy (non-hydrogen) atoms. The normalized spacial score (nSPS) is 16.0. The van der Waals surface area contributed by atoms with Gasteiger partial charge >= 0.3 is 6.18 Å². The first-order chi connectivity index (χ1) is 15.4. The van der Waals surface area contributed by atoms with Gasteiger partial charge in [-0.05, 0) is 48.6 Å². The first-order valence-corrected chi connectivity index (χ1v) is 10.0. The highest BCUT2D eigenvalue weighted by Gasteiger charge is 2.31. The Morgan fingerprint density at radius 1 is 1.09 bits per heavy atom. The van der Waals surface area contributed by atoms with Crippen LogP contribution in [0.1, 0.15) is 46.1 Å². The highest BCUT2D eigenvalue weighted by molar-refractivity contribution is 5.92. The Morgan fingerprint density at radius 2 is 1.97 bits per heavy atom. The van der Waals surface area contributed by atoms with E-state index in [-0.39, 0.29) is 11.7 Å². The number of hydrogen-bond acceptors (Lipinski definition) is 5. The molecule has 3 aromatic heterocycles. The van der Waals surface area contributed by atoms with Crippen LogP contribution in [0.4, 0.5) is 13.2 Å². The van der Waals surface area contributed by atoms with Crippen molar-refractivity contribution < 1.29 is 18.0 Å². The van der Waals surface area contributed by atoms with Gasteiger partial charge in [-0.25, -0.2) is 9.97 Å². The van der Waals surface area contributed by atoms with Gasteiger partial charge in [-0.1, -0.05) is 12.1 Å². The van der Waals surface area contributed by atoms with Crippen molar-refractivity contribution in [2.24, 2.45) is 0 Å². The zero-order valence-corrected chi connectivity index (χ0v) is 16.6. The summed E-state index contributed by atoms with van der Waals surface area (Å²) in [6.45, 7) is 0. The Hall–Kier alpha value is -3.82. The summed E-state index contributed by atoms with van der Waals surface area (Å²) in [6.07, 6.45) is 1.81. The van der Waals surface area contributed by atoms with Crippen molar-refractivity contribution in [2.45, 2.75) is 31.5 Å². The third-order valence-corrected chi connectivity index (χ3v) is 5.61. The van der Waals surface area contributed by atoms with Crippen LogP contribution in [0.25, 0.3) is 22.3 Å². The summed E-state index contributed by atoms with van der Waals surface area (Å²) in [7, 11) is 0. The zero-order valence-electron chi connectivity index (χ0n) is 16.6. The van der Waals surface area contributed by atoms with Crippen molar-refractivity contribution in [2.75, 3.05) is 0 Å². The molecule has 10 heteroatoms. The van der Waals surface area contributed by atoms with Crippen LogP contribution >= 0.6 is 0 Å². The molecule has 1 atom stereocenters. The SMILES string of the molecule is O=C(NC1CCCc2cc(-c3ncnc4[nH]ncc34)ccc21)c1ccc(C(F)(F)F)cn1. The monoisotopic (exact) mass is 438 g/mol. The number of hydrogen-bond donors (Lipinski definition) is 2. The average molecular weight is 438 g/mol. The van der Waals surface area contributed by atoms with Crippen LogP contribution in [-0.2, 0) is 12.6 Å². The Morgan fingerprint density at radius 3 is 2.75 bits per heavy atom. The molecule has 5 rings (SSSR count). The molecule has 3 heterocycles. The minimum absolute atomic E-state index is 0.0509. The number of alkyl halides is 3. The van der Waals surface area contributed by atoms with E-state index < -0.39 is 17.6 Å². The van der Waals surface area contributed by atoms with Gasteiger partial charge in [0.05, 0.1) is 28.9 Å². The van der Waals surface area contributed by atoms with Crippen molar-refractivity contribution in [1.29, 1.82) is 0 Å². The molecule has 1 aliphatic carbocycles. The summed E-state index contributed by atoms with van der Waals surface area (Å²) in [6, 6.07) is 7.66. The van der Waals surface area contributed by atoms with Crippen molar-refractivity contribution in [1.82, 2.24) is 30.5 Å². The number of halogens is 3. The lowest BCUT2D eigenvalue weighted by Gasteiger charge is -2.27. The molecule has 0 radical (unpaired) electrons. The molecule has 0 bridgehead atoms. The molecule has 0 fully saturated rings. The second-order valence-corrected chi connectivity index (χ2v) is 7.62. The number of fused-ring (bicyclic) bond motifs is 2. The third-order valence-electron chi connectivity index (χ3n) is 5.61. The number of carbonyl (C=O) groups is 1. The lowest BCUT2D eigenvalue weighted by Crippen LogP contribution is -2.31. The number of rotatable bonds is 3. The average Bonchev–Trinajstić information content (AvgIpc) is 3.27. The van der Waals surface area contributed by atoms with Crippen LogP contribution in [0, 0.1) is 0 Å². The summed E-state index contributed by atoms with van der Waals surface area (Å²) in [5.41, 5.74) is 3.49. The van der Waals surface area contributed by atoms with E-state index in [0.717, 1.165) is 59.2 Å². The number of aromatic nitrogens is 5. The molecule has 0 aliphatic heterocycles. The van der Waals surface area contributed by atoms with Crippen molar-refractivity contribution in [3.05, 3.63) is 71.4 Å². The number of carbonyl (C=O) groups excluding carboxylic acids is 1. The molecule has 0 spiro atoms. The number of pyridine rings is 1. The number of nitrogens with zero attached hydrogens (tertiary/aromatic N) is 4. The number of aromatic amines is 1. The van der Waals surface area contributed by atoms with E-state index in [4.69, 9.17) is 0 Å². The topological polar surface area (TPSA) is 96.5 Å². The standard InChI is InChI=1S/C22H17F3N6O/c23-22(24,25)14-5-7-18(26-9-14)21(32)30-17-3-1-2-12-8-13(4-6-15(12)17)19-16-10-29-31-20(16)28-11-27-19/h4-11,17H,1-3H2,(H,30,32)(H,27,28,29,31). The van der Waals surface area contributed by atoms with Crippen LogP contribution in [0.2, 0.25) is 0 Å². The second kappa shape index (κ2) is 7.70. The van der Waals surface area contributed by atoms with E-state index in [1.54, 1.807) is 6.20 Å². The van der Waals surface area contributed by atoms with E-state index in [9.17, 15) is 18.0 Å². The zero-order chi connectivity index (χ0) is 22.3. The Labute approximate surface area is 180 Å². The molecule has 1 aliphatic rings. The van der Waals surface area contributed by atoms with E-state index in [1.807, 2.05) is 12.1 Å². The predicted molar refractivity (Wildman–Crippen MR) is 110 cm³/mol. The van der Waals surface area contributed by atoms with E-state index in [2.05, 4.69) is 36.5 Å². The van der Waals surface area contributed by atoms with Crippen LogP contribution in [0.3, 0.4) is 0 Å². The summed E-state index contributed by atoms with van der Waals surface area (Å²) in [5.74, 6) is -0.503. The fraction of sp³-hybridized carbons (Fsp3) is 0.227. The third kappa shape index (κ3) is 3.68.